The van der Waals surface area contributed by atoms with Gasteiger partial charge < -0.3 is 4.98 Å². The van der Waals surface area contributed by atoms with Crippen LogP contribution in [0.1, 0.15) is 50.7 Å². The van der Waals surface area contributed by atoms with Crippen LogP contribution < -0.4 is 0 Å². The van der Waals surface area contributed by atoms with E-state index >= 15 is 0 Å². The number of fused-ring (bicyclic) bond motifs is 1. The molecule has 4 heteroatoms. The first-order valence-electron chi connectivity index (χ1n) is 7.89. The van der Waals surface area contributed by atoms with Gasteiger partial charge in [0.05, 0.1) is 11.4 Å². The molecule has 1 N–H and O–H groups in total. The van der Waals surface area contributed by atoms with Gasteiger partial charge in [-0.05, 0) is 44.6 Å². The van der Waals surface area contributed by atoms with E-state index in [2.05, 4.69) is 41.6 Å². The van der Waals surface area contributed by atoms with Crippen LogP contribution in [0, 0.1) is 5.92 Å². The van der Waals surface area contributed by atoms with Crippen LogP contribution in [0.3, 0.4) is 0 Å². The Morgan fingerprint density at radius 1 is 1.35 bits per heavy atom. The molecule has 0 saturated heterocycles. The third-order valence-electron chi connectivity index (χ3n) is 4.46. The van der Waals surface area contributed by atoms with Crippen molar-refractivity contribution < 1.29 is 0 Å². The summed E-state index contributed by atoms with van der Waals surface area (Å²) in [7, 11) is 0. The molecule has 0 amide bonds. The zero-order valence-corrected chi connectivity index (χ0v) is 12.7. The lowest BCUT2D eigenvalue weighted by Crippen LogP contribution is -2.12. The van der Waals surface area contributed by atoms with Gasteiger partial charge in [-0.15, -0.1) is 0 Å². The summed E-state index contributed by atoms with van der Waals surface area (Å²) in [5, 5.41) is 4.62. The summed E-state index contributed by atoms with van der Waals surface area (Å²) in [4.78, 5) is 8.38. The van der Waals surface area contributed by atoms with Crippen molar-refractivity contribution in [3.63, 3.8) is 0 Å². The highest BCUT2D eigenvalue weighted by Crippen LogP contribution is 2.28. The normalized spacial score (nSPS) is 18.2. The largest absolute Gasteiger partial charge is 0.340 e. The molecule has 0 radical (unpaired) electrons. The summed E-state index contributed by atoms with van der Waals surface area (Å²) in [6.07, 6.45) is 5.78. The highest BCUT2D eigenvalue weighted by Gasteiger charge is 2.22. The van der Waals surface area contributed by atoms with E-state index < -0.39 is 0 Å². The maximum Gasteiger partial charge on any atom is 0.156 e. The fourth-order valence-electron chi connectivity index (χ4n) is 3.10. The second kappa shape index (κ2) is 5.43. The monoisotopic (exact) mass is 272 g/mol. The van der Waals surface area contributed by atoms with Crippen LogP contribution in [0.4, 0.5) is 0 Å². The molecule has 1 atom stereocenters. The first-order chi connectivity index (χ1) is 9.75. The van der Waals surface area contributed by atoms with Gasteiger partial charge in [-0.25, -0.2) is 4.98 Å². The van der Waals surface area contributed by atoms with Crippen LogP contribution >= 0.6 is 0 Å². The first kappa shape index (κ1) is 13.4. The Kier molecular flexibility index (Phi) is 3.64. The van der Waals surface area contributed by atoms with Crippen molar-refractivity contribution in [3.05, 3.63) is 23.1 Å². The van der Waals surface area contributed by atoms with Gasteiger partial charge >= 0.3 is 0 Å². The summed E-state index contributed by atoms with van der Waals surface area (Å²) >= 11 is 0. The smallest absolute Gasteiger partial charge is 0.156 e. The van der Waals surface area contributed by atoms with Crippen LogP contribution in [0.2, 0.25) is 0 Å². The highest BCUT2D eigenvalue weighted by molar-refractivity contribution is 5.52. The second-order valence-electron chi connectivity index (χ2n) is 5.72. The van der Waals surface area contributed by atoms with E-state index in [0.29, 0.717) is 0 Å². The van der Waals surface area contributed by atoms with Crippen molar-refractivity contribution in [3.8, 4) is 11.5 Å². The number of aryl methyl sites for hydroxylation is 3. The molecule has 1 aliphatic rings. The quantitative estimate of drug-likeness (QED) is 0.927. The van der Waals surface area contributed by atoms with Crippen LogP contribution in [0.5, 0.6) is 0 Å². The average Bonchev–Trinajstić information content (AvgIpc) is 3.09. The van der Waals surface area contributed by atoms with Crippen LogP contribution in [-0.2, 0) is 25.8 Å². The van der Waals surface area contributed by atoms with E-state index in [0.717, 1.165) is 48.9 Å². The van der Waals surface area contributed by atoms with E-state index in [4.69, 9.17) is 4.98 Å². The number of hydrogen-bond acceptors (Lipinski definition) is 2. The van der Waals surface area contributed by atoms with Gasteiger partial charge in [0, 0.05) is 12.2 Å². The number of nitrogens with zero attached hydrogens (tertiary/aromatic N) is 3. The molecule has 1 aliphatic carbocycles. The Hall–Kier alpha value is -1.58. The van der Waals surface area contributed by atoms with E-state index in [-0.39, 0.29) is 0 Å². The van der Waals surface area contributed by atoms with E-state index in [1.54, 1.807) is 0 Å². The molecule has 0 saturated carbocycles. The molecule has 108 valence electrons. The molecule has 20 heavy (non-hydrogen) atoms. The van der Waals surface area contributed by atoms with Gasteiger partial charge in [-0.2, -0.15) is 5.10 Å². The summed E-state index contributed by atoms with van der Waals surface area (Å²) in [5.41, 5.74) is 4.89. The van der Waals surface area contributed by atoms with Crippen molar-refractivity contribution in [2.75, 3.05) is 0 Å². The summed E-state index contributed by atoms with van der Waals surface area (Å²) < 4.78 is 2.06. The Balaban J connectivity index is 1.95. The SMILES string of the molecule is CCc1cc(-c2nc3c([nH]2)CC(CC)CC3)n(CC)n1. The van der Waals surface area contributed by atoms with Crippen molar-refractivity contribution in [2.45, 2.75) is 59.4 Å². The summed E-state index contributed by atoms with van der Waals surface area (Å²) in [6.45, 7) is 7.45. The van der Waals surface area contributed by atoms with E-state index in [1.165, 1.54) is 24.2 Å². The zero-order valence-electron chi connectivity index (χ0n) is 12.7. The lowest BCUT2D eigenvalue weighted by atomic mass is 9.88. The lowest BCUT2D eigenvalue weighted by molar-refractivity contribution is 0.438. The number of imidazole rings is 1. The van der Waals surface area contributed by atoms with Gasteiger partial charge in [0.15, 0.2) is 5.82 Å². The maximum absolute atomic E-state index is 4.83. The molecular formula is C16H24N4. The predicted octanol–water partition coefficient (Wildman–Crippen LogP) is 3.37. The van der Waals surface area contributed by atoms with Crippen molar-refractivity contribution in [1.82, 2.24) is 19.7 Å². The average molecular weight is 272 g/mol. The third-order valence-corrected chi connectivity index (χ3v) is 4.46. The topological polar surface area (TPSA) is 46.5 Å². The second-order valence-corrected chi connectivity index (χ2v) is 5.72. The number of rotatable bonds is 4. The minimum Gasteiger partial charge on any atom is -0.340 e. The van der Waals surface area contributed by atoms with Crippen molar-refractivity contribution >= 4 is 0 Å². The van der Waals surface area contributed by atoms with Crippen LogP contribution in [0.25, 0.3) is 11.5 Å². The molecule has 2 heterocycles. The molecule has 0 spiro atoms. The first-order valence-corrected chi connectivity index (χ1v) is 7.89. The number of aromatic nitrogens is 4. The van der Waals surface area contributed by atoms with Crippen LogP contribution in [0.15, 0.2) is 6.07 Å². The van der Waals surface area contributed by atoms with Crippen molar-refractivity contribution in [1.29, 1.82) is 0 Å². The predicted molar refractivity (Wildman–Crippen MR) is 80.7 cm³/mol. The summed E-state index contributed by atoms with van der Waals surface area (Å²) in [5.74, 6) is 1.82. The number of aromatic amines is 1. The molecule has 0 bridgehead atoms. The Morgan fingerprint density at radius 2 is 2.20 bits per heavy atom. The number of H-pyrrole nitrogens is 1. The van der Waals surface area contributed by atoms with E-state index in [1.807, 2.05) is 0 Å². The standard InChI is InChI=1S/C16H24N4/c1-4-11-7-8-13-14(9-11)18-16(17-13)15-10-12(5-2)19-20(15)6-3/h10-11H,4-9H2,1-3H3,(H,17,18). The Morgan fingerprint density at radius 3 is 2.90 bits per heavy atom. The minimum atomic E-state index is 0.818. The number of hydrogen-bond donors (Lipinski definition) is 1. The van der Waals surface area contributed by atoms with Gasteiger partial charge in [0.2, 0.25) is 0 Å². The minimum absolute atomic E-state index is 0.818. The molecule has 4 nitrogen and oxygen atoms in total. The third kappa shape index (κ3) is 2.28. The maximum atomic E-state index is 4.83. The molecule has 0 aromatic carbocycles. The molecule has 0 fully saturated rings. The molecule has 2 aromatic rings. The molecular weight excluding hydrogens is 248 g/mol. The number of nitrogens with one attached hydrogen (secondary N) is 1. The lowest BCUT2D eigenvalue weighted by Gasteiger charge is -2.18. The van der Waals surface area contributed by atoms with Crippen molar-refractivity contribution in [2.24, 2.45) is 5.92 Å². The fourth-order valence-corrected chi connectivity index (χ4v) is 3.10. The molecule has 3 rings (SSSR count). The van der Waals surface area contributed by atoms with Gasteiger partial charge in [-0.1, -0.05) is 20.3 Å². The summed E-state index contributed by atoms with van der Waals surface area (Å²) in [6, 6.07) is 2.17. The fraction of sp³-hybridized carbons (Fsp3) is 0.625. The molecule has 2 aromatic heterocycles. The Labute approximate surface area is 120 Å². The zero-order chi connectivity index (χ0) is 14.1. The van der Waals surface area contributed by atoms with E-state index in [9.17, 15) is 0 Å². The molecule has 1 unspecified atom stereocenters. The van der Waals surface area contributed by atoms with Gasteiger partial charge in [0.1, 0.15) is 5.69 Å². The molecule has 0 aliphatic heterocycles. The highest BCUT2D eigenvalue weighted by atomic mass is 15.3. The Bertz CT molecular complexity index is 594. The van der Waals surface area contributed by atoms with Crippen LogP contribution in [-0.4, -0.2) is 19.7 Å². The van der Waals surface area contributed by atoms with Gasteiger partial charge in [0.25, 0.3) is 0 Å². The van der Waals surface area contributed by atoms with Gasteiger partial charge in [-0.3, -0.25) is 4.68 Å².